The molecule has 0 saturated carbocycles. The van der Waals surface area contributed by atoms with Crippen LogP contribution in [-0.2, 0) is 13.6 Å². The largest absolute Gasteiger partial charge is 0.756 e. The predicted octanol–water partition coefficient (Wildman–Crippen LogP) is 6.60. The highest BCUT2D eigenvalue weighted by Gasteiger charge is 2.08. The topological polar surface area (TPSA) is 123 Å². The van der Waals surface area contributed by atoms with Crippen LogP contribution < -0.4 is 4.89 Å². The maximum absolute atomic E-state index is 11.7. The minimum absolute atomic E-state index is 0.0694. The zero-order valence-corrected chi connectivity index (χ0v) is 26.6. The molecule has 3 N–H and O–H groups in total. The van der Waals surface area contributed by atoms with E-state index >= 15 is 0 Å². The first-order valence-corrected chi connectivity index (χ1v) is 17.6. The van der Waals surface area contributed by atoms with Crippen LogP contribution >= 0.6 is 7.82 Å². The molecule has 39 heavy (non-hydrogen) atoms. The van der Waals surface area contributed by atoms with Crippen molar-refractivity contribution in [3.05, 3.63) is 0 Å². The monoisotopic (exact) mass is 582 g/mol. The highest BCUT2D eigenvalue weighted by Crippen LogP contribution is 2.38. The second-order valence-corrected chi connectivity index (χ2v) is 11.9. The Balaban J connectivity index is 0. The summed E-state index contributed by atoms with van der Waals surface area (Å²) in [5.74, 6) is 0. The molecule has 0 aliphatic carbocycles. The third-order valence-corrected chi connectivity index (χ3v) is 7.74. The zero-order valence-electron chi connectivity index (χ0n) is 25.7. The maximum Gasteiger partial charge on any atom is 0.267 e. The molecule has 0 unspecified atom stereocenters. The Labute approximate surface area is 241 Å². The summed E-state index contributed by atoms with van der Waals surface area (Å²) in [6.45, 7) is 6.76. The number of hydrogen-bond acceptors (Lipinski definition) is 8. The van der Waals surface area contributed by atoms with E-state index in [0.717, 1.165) is 25.7 Å². The Morgan fingerprint density at radius 3 is 1.03 bits per heavy atom. The van der Waals surface area contributed by atoms with Crippen molar-refractivity contribution in [3.8, 4) is 0 Å². The van der Waals surface area contributed by atoms with Crippen LogP contribution in [-0.4, -0.2) is 72.9 Å². The van der Waals surface area contributed by atoms with Crippen LogP contribution in [0.2, 0.25) is 0 Å². The Bertz CT molecular complexity index is 456. The van der Waals surface area contributed by atoms with Crippen molar-refractivity contribution in [1.29, 1.82) is 0 Å². The van der Waals surface area contributed by atoms with Gasteiger partial charge in [0.2, 0.25) is 0 Å². The molecule has 0 atom stereocenters. The van der Waals surface area contributed by atoms with Gasteiger partial charge in [-0.1, -0.05) is 129 Å². The molecule has 0 heterocycles. The third-order valence-electron chi connectivity index (χ3n) is 6.74. The number of hydrogen-bond donors (Lipinski definition) is 3. The summed E-state index contributed by atoms with van der Waals surface area (Å²) in [6.07, 6.45) is 24.5. The third kappa shape index (κ3) is 35.9. The molecule has 0 aromatic rings. The summed E-state index contributed by atoms with van der Waals surface area (Å²) in [7, 11) is -4.10. The number of aliphatic hydroxyl groups is 3. The van der Waals surface area contributed by atoms with Gasteiger partial charge in [0.25, 0.3) is 7.82 Å². The van der Waals surface area contributed by atoms with Gasteiger partial charge in [0.05, 0.1) is 33.0 Å². The lowest BCUT2D eigenvalue weighted by Gasteiger charge is -2.22. The lowest BCUT2D eigenvalue weighted by molar-refractivity contribution is -0.225. The van der Waals surface area contributed by atoms with E-state index in [0.29, 0.717) is 19.6 Å². The first kappa shape index (κ1) is 41.1. The van der Waals surface area contributed by atoms with Crippen LogP contribution in [0.15, 0.2) is 0 Å². The number of unbranched alkanes of at least 4 members (excludes halogenated alkanes) is 18. The SMILES string of the molecule is CCCCCCCCCCCCOP(=O)([O-])OCCCCCCCCCCCC.OCCN(CCO)CCO. The Hall–Kier alpha value is -0.0500. The van der Waals surface area contributed by atoms with Crippen LogP contribution in [0.3, 0.4) is 0 Å². The van der Waals surface area contributed by atoms with Gasteiger partial charge in [0, 0.05) is 19.6 Å². The second-order valence-electron chi connectivity index (χ2n) is 10.5. The predicted molar refractivity (Wildman–Crippen MR) is 161 cm³/mol. The summed E-state index contributed by atoms with van der Waals surface area (Å²) >= 11 is 0. The molecule has 0 aliphatic heterocycles. The minimum atomic E-state index is -4.10. The highest BCUT2D eigenvalue weighted by atomic mass is 31.2. The highest BCUT2D eigenvalue weighted by molar-refractivity contribution is 7.45. The van der Waals surface area contributed by atoms with Gasteiger partial charge in [0.1, 0.15) is 0 Å². The summed E-state index contributed by atoms with van der Waals surface area (Å²) in [5, 5.41) is 25.5. The van der Waals surface area contributed by atoms with Gasteiger partial charge in [-0.3, -0.25) is 9.46 Å². The summed E-state index contributed by atoms with van der Waals surface area (Å²) < 4.78 is 21.7. The summed E-state index contributed by atoms with van der Waals surface area (Å²) in [5.41, 5.74) is 0. The molecule has 0 rings (SSSR count). The molecular weight excluding hydrogens is 517 g/mol. The van der Waals surface area contributed by atoms with Gasteiger partial charge in [0.15, 0.2) is 0 Å². The molecular formula is C30H65NO7P-. The molecule has 0 aromatic carbocycles. The van der Waals surface area contributed by atoms with Crippen LogP contribution in [0.4, 0.5) is 0 Å². The molecule has 0 aliphatic rings. The van der Waals surface area contributed by atoms with Gasteiger partial charge < -0.3 is 29.3 Å². The second kappa shape index (κ2) is 34.2. The number of aliphatic hydroxyl groups excluding tert-OH is 3. The Morgan fingerprint density at radius 1 is 0.513 bits per heavy atom. The zero-order chi connectivity index (χ0) is 29.3. The lowest BCUT2D eigenvalue weighted by atomic mass is 10.1. The number of nitrogens with zero attached hydrogens (tertiary/aromatic N) is 1. The number of phosphoric acid groups is 1. The normalized spacial score (nSPS) is 11.7. The number of phosphoric ester groups is 1. The summed E-state index contributed by atoms with van der Waals surface area (Å²) in [6, 6.07) is 0. The molecule has 0 fully saturated rings. The van der Waals surface area contributed by atoms with E-state index < -0.39 is 7.82 Å². The summed E-state index contributed by atoms with van der Waals surface area (Å²) in [4.78, 5) is 13.5. The van der Waals surface area contributed by atoms with Crippen LogP contribution in [0.25, 0.3) is 0 Å². The fourth-order valence-corrected chi connectivity index (χ4v) is 5.11. The lowest BCUT2D eigenvalue weighted by Crippen LogP contribution is -2.32. The van der Waals surface area contributed by atoms with E-state index in [4.69, 9.17) is 24.4 Å². The molecule has 9 heteroatoms. The molecule has 0 radical (unpaired) electrons. The average Bonchev–Trinajstić information content (AvgIpc) is 2.91. The van der Waals surface area contributed by atoms with Crippen molar-refractivity contribution in [2.75, 3.05) is 52.7 Å². The molecule has 8 nitrogen and oxygen atoms in total. The maximum atomic E-state index is 11.7. The molecule has 0 saturated heterocycles. The van der Waals surface area contributed by atoms with Crippen molar-refractivity contribution in [1.82, 2.24) is 4.90 Å². The molecule has 0 spiro atoms. The average molecular weight is 583 g/mol. The Kier molecular flexibility index (Phi) is 36.0. The smallest absolute Gasteiger partial charge is 0.267 e. The minimum Gasteiger partial charge on any atom is -0.756 e. The standard InChI is InChI=1S/C24H51O4P.C6H15NO3/c1-3-5-7-9-11-13-15-17-19-21-23-27-29(25,26)28-24-22-20-18-16-14-12-10-8-6-4-2;8-4-1-7(2-5-9)3-6-10/h3-24H2,1-2H3,(H,25,26);8-10H,1-6H2/p-1. The van der Waals surface area contributed by atoms with Gasteiger partial charge in [-0.15, -0.1) is 0 Å². The molecule has 0 bridgehead atoms. The fraction of sp³-hybridized carbons (Fsp3) is 1.00. The molecule has 0 amide bonds. The van der Waals surface area contributed by atoms with Crippen molar-refractivity contribution in [3.63, 3.8) is 0 Å². The van der Waals surface area contributed by atoms with E-state index in [1.807, 2.05) is 0 Å². The van der Waals surface area contributed by atoms with Gasteiger partial charge >= 0.3 is 0 Å². The van der Waals surface area contributed by atoms with Crippen molar-refractivity contribution < 1.29 is 33.8 Å². The quantitative estimate of drug-likeness (QED) is 0.0640. The van der Waals surface area contributed by atoms with Crippen LogP contribution in [0.5, 0.6) is 0 Å². The van der Waals surface area contributed by atoms with E-state index in [1.54, 1.807) is 4.90 Å². The van der Waals surface area contributed by atoms with Crippen LogP contribution in [0.1, 0.15) is 142 Å². The molecule has 238 valence electrons. The van der Waals surface area contributed by atoms with Gasteiger partial charge in [-0.2, -0.15) is 0 Å². The van der Waals surface area contributed by atoms with Crippen molar-refractivity contribution >= 4 is 7.82 Å². The first-order valence-electron chi connectivity index (χ1n) is 16.1. The van der Waals surface area contributed by atoms with Crippen molar-refractivity contribution in [2.45, 2.75) is 142 Å². The van der Waals surface area contributed by atoms with Crippen LogP contribution in [0, 0.1) is 0 Å². The van der Waals surface area contributed by atoms with E-state index in [9.17, 15) is 9.46 Å². The van der Waals surface area contributed by atoms with E-state index in [2.05, 4.69) is 13.8 Å². The van der Waals surface area contributed by atoms with E-state index in [1.165, 1.54) is 103 Å². The molecule has 0 aromatic heterocycles. The Morgan fingerprint density at radius 2 is 0.769 bits per heavy atom. The fourth-order valence-electron chi connectivity index (χ4n) is 4.33. The van der Waals surface area contributed by atoms with Gasteiger partial charge in [-0.05, 0) is 12.8 Å². The van der Waals surface area contributed by atoms with Crippen molar-refractivity contribution in [2.24, 2.45) is 0 Å². The first-order chi connectivity index (χ1) is 19.0. The van der Waals surface area contributed by atoms with Gasteiger partial charge in [-0.25, -0.2) is 0 Å². The number of rotatable bonds is 30. The van der Waals surface area contributed by atoms with E-state index in [-0.39, 0.29) is 33.0 Å².